The highest BCUT2D eigenvalue weighted by Crippen LogP contribution is 2.11. The number of rotatable bonds is 3. The molecule has 0 atom stereocenters. The average molecular weight is 253 g/mol. The number of anilines is 1. The Kier molecular flexibility index (Phi) is 3.95. The van der Waals surface area contributed by atoms with Crippen LogP contribution in [0.2, 0.25) is 0 Å². The van der Waals surface area contributed by atoms with Crippen LogP contribution in [0.15, 0.2) is 47.2 Å². The third-order valence-electron chi connectivity index (χ3n) is 2.27. The highest BCUT2D eigenvalue weighted by molar-refractivity contribution is 7.08. The fourth-order valence-corrected chi connectivity index (χ4v) is 2.04. The Morgan fingerprint density at radius 2 is 2.28 bits per heavy atom. The molecule has 0 spiro atoms. The summed E-state index contributed by atoms with van der Waals surface area (Å²) >= 11 is 1.60. The van der Waals surface area contributed by atoms with Gasteiger partial charge in [-0.15, -0.1) is 6.42 Å². The molecule has 1 aromatic carbocycles. The molecule has 0 fully saturated rings. The van der Waals surface area contributed by atoms with Crippen LogP contribution in [0.3, 0.4) is 0 Å². The molecule has 0 bridgehead atoms. The van der Waals surface area contributed by atoms with E-state index in [1.54, 1.807) is 29.5 Å². The highest BCUT2D eigenvalue weighted by atomic mass is 32.1. The van der Waals surface area contributed by atoms with Crippen molar-refractivity contribution in [2.75, 3.05) is 5.32 Å². The van der Waals surface area contributed by atoms with Crippen molar-refractivity contribution < 1.29 is 4.79 Å². The maximum absolute atomic E-state index is 11.7. The zero-order valence-electron chi connectivity index (χ0n) is 9.59. The predicted octanol–water partition coefficient (Wildman–Crippen LogP) is 3.38. The Labute approximate surface area is 110 Å². The quantitative estimate of drug-likeness (QED) is 0.659. The van der Waals surface area contributed by atoms with Crippen LogP contribution in [-0.2, 0) is 4.79 Å². The van der Waals surface area contributed by atoms with Gasteiger partial charge in [0.25, 0.3) is 0 Å². The molecular formula is C15H11NOS. The first-order valence-electron chi connectivity index (χ1n) is 5.36. The smallest absolute Gasteiger partial charge is 0.248 e. The van der Waals surface area contributed by atoms with Crippen molar-refractivity contribution in [1.82, 2.24) is 0 Å². The van der Waals surface area contributed by atoms with Gasteiger partial charge >= 0.3 is 0 Å². The summed E-state index contributed by atoms with van der Waals surface area (Å²) in [4.78, 5) is 11.7. The molecule has 0 aliphatic rings. The number of nitrogens with one attached hydrogen (secondary N) is 1. The number of carbonyl (C=O) groups excluding carboxylic acids is 1. The number of hydrogen-bond donors (Lipinski definition) is 1. The van der Waals surface area contributed by atoms with Gasteiger partial charge in [-0.1, -0.05) is 12.0 Å². The third kappa shape index (κ3) is 3.34. The molecule has 0 saturated heterocycles. The van der Waals surface area contributed by atoms with Gasteiger partial charge in [0, 0.05) is 17.3 Å². The van der Waals surface area contributed by atoms with E-state index in [0.717, 1.165) is 11.1 Å². The molecule has 18 heavy (non-hydrogen) atoms. The number of amides is 1. The van der Waals surface area contributed by atoms with Crippen molar-refractivity contribution in [3.05, 3.63) is 58.3 Å². The van der Waals surface area contributed by atoms with Gasteiger partial charge in [-0.2, -0.15) is 11.3 Å². The highest BCUT2D eigenvalue weighted by Gasteiger charge is 1.98. The SMILES string of the molecule is C#Cc1cccc(NC(=O)C=Cc2ccsc2)c1. The lowest BCUT2D eigenvalue weighted by Gasteiger charge is -2.02. The van der Waals surface area contributed by atoms with Crippen LogP contribution in [-0.4, -0.2) is 5.91 Å². The minimum absolute atomic E-state index is 0.171. The van der Waals surface area contributed by atoms with Crippen LogP contribution in [0.4, 0.5) is 5.69 Å². The molecule has 0 unspecified atom stereocenters. The van der Waals surface area contributed by atoms with Crippen molar-refractivity contribution in [3.63, 3.8) is 0 Å². The van der Waals surface area contributed by atoms with Gasteiger partial charge in [-0.25, -0.2) is 0 Å². The van der Waals surface area contributed by atoms with E-state index in [1.807, 2.05) is 29.0 Å². The molecular weight excluding hydrogens is 242 g/mol. The first kappa shape index (κ1) is 12.2. The first-order chi connectivity index (χ1) is 8.78. The van der Waals surface area contributed by atoms with Gasteiger partial charge in [0.15, 0.2) is 0 Å². The van der Waals surface area contributed by atoms with Gasteiger partial charge in [-0.05, 0) is 46.7 Å². The second-order valence-corrected chi connectivity index (χ2v) is 4.38. The summed E-state index contributed by atoms with van der Waals surface area (Å²) in [7, 11) is 0. The van der Waals surface area contributed by atoms with E-state index in [0.29, 0.717) is 5.69 Å². The molecule has 0 radical (unpaired) electrons. The van der Waals surface area contributed by atoms with Crippen molar-refractivity contribution in [2.45, 2.75) is 0 Å². The summed E-state index contributed by atoms with van der Waals surface area (Å²) in [5, 5.41) is 6.70. The second kappa shape index (κ2) is 5.85. The van der Waals surface area contributed by atoms with Gasteiger partial charge in [0.2, 0.25) is 5.91 Å². The molecule has 1 heterocycles. The summed E-state index contributed by atoms with van der Waals surface area (Å²) in [6.45, 7) is 0. The Balaban J connectivity index is 2.01. The van der Waals surface area contributed by atoms with Gasteiger partial charge in [0.05, 0.1) is 0 Å². The van der Waals surface area contributed by atoms with Crippen LogP contribution in [0.1, 0.15) is 11.1 Å². The predicted molar refractivity (Wildman–Crippen MR) is 76.4 cm³/mol. The molecule has 1 aromatic heterocycles. The molecule has 1 N–H and O–H groups in total. The monoisotopic (exact) mass is 253 g/mol. The number of hydrogen-bond acceptors (Lipinski definition) is 2. The molecule has 1 amide bonds. The Bertz CT molecular complexity index is 606. The minimum Gasteiger partial charge on any atom is -0.322 e. The van der Waals surface area contributed by atoms with Crippen molar-refractivity contribution in [1.29, 1.82) is 0 Å². The Hall–Kier alpha value is -2.31. The molecule has 3 heteroatoms. The van der Waals surface area contributed by atoms with Crippen molar-refractivity contribution in [3.8, 4) is 12.3 Å². The standard InChI is InChI=1S/C15H11NOS/c1-2-12-4-3-5-14(10-12)16-15(17)7-6-13-8-9-18-11-13/h1,3-11H,(H,16,17). The average Bonchev–Trinajstić information content (AvgIpc) is 2.90. The number of thiophene rings is 1. The minimum atomic E-state index is -0.171. The third-order valence-corrected chi connectivity index (χ3v) is 2.97. The van der Waals surface area contributed by atoms with Crippen LogP contribution in [0, 0.1) is 12.3 Å². The molecule has 0 aliphatic carbocycles. The number of benzene rings is 1. The summed E-state index contributed by atoms with van der Waals surface area (Å²) in [6.07, 6.45) is 8.58. The van der Waals surface area contributed by atoms with Crippen LogP contribution in [0.25, 0.3) is 6.08 Å². The summed E-state index contributed by atoms with van der Waals surface area (Å²) in [5.74, 6) is 2.36. The second-order valence-electron chi connectivity index (χ2n) is 3.60. The molecule has 88 valence electrons. The van der Waals surface area contributed by atoms with E-state index in [2.05, 4.69) is 11.2 Å². The zero-order chi connectivity index (χ0) is 12.8. The maximum atomic E-state index is 11.7. The molecule has 0 saturated carbocycles. The van der Waals surface area contributed by atoms with E-state index in [-0.39, 0.29) is 5.91 Å². The van der Waals surface area contributed by atoms with Crippen molar-refractivity contribution >= 4 is 29.0 Å². The van der Waals surface area contributed by atoms with Crippen LogP contribution in [0.5, 0.6) is 0 Å². The van der Waals surface area contributed by atoms with Crippen LogP contribution >= 0.6 is 11.3 Å². The van der Waals surface area contributed by atoms with E-state index < -0.39 is 0 Å². The van der Waals surface area contributed by atoms with Crippen LogP contribution < -0.4 is 5.32 Å². The number of carbonyl (C=O) groups is 1. The Morgan fingerprint density at radius 3 is 3.00 bits per heavy atom. The maximum Gasteiger partial charge on any atom is 0.248 e. The summed E-state index contributed by atoms with van der Waals surface area (Å²) in [6, 6.07) is 9.14. The van der Waals surface area contributed by atoms with Crippen molar-refractivity contribution in [2.24, 2.45) is 0 Å². The van der Waals surface area contributed by atoms with E-state index in [1.165, 1.54) is 6.08 Å². The lowest BCUT2D eigenvalue weighted by atomic mass is 10.2. The topological polar surface area (TPSA) is 29.1 Å². The van der Waals surface area contributed by atoms with E-state index >= 15 is 0 Å². The molecule has 2 nitrogen and oxygen atoms in total. The molecule has 0 aliphatic heterocycles. The normalized spacial score (nSPS) is 10.2. The van der Waals surface area contributed by atoms with Gasteiger partial charge in [-0.3, -0.25) is 4.79 Å². The Morgan fingerprint density at radius 1 is 1.39 bits per heavy atom. The molecule has 2 aromatic rings. The summed E-state index contributed by atoms with van der Waals surface area (Å²) < 4.78 is 0. The van der Waals surface area contributed by atoms with Gasteiger partial charge in [0.1, 0.15) is 0 Å². The summed E-state index contributed by atoms with van der Waals surface area (Å²) in [5.41, 5.74) is 2.47. The first-order valence-corrected chi connectivity index (χ1v) is 6.30. The zero-order valence-corrected chi connectivity index (χ0v) is 10.4. The lowest BCUT2D eigenvalue weighted by Crippen LogP contribution is -2.07. The fourth-order valence-electron chi connectivity index (χ4n) is 1.41. The largest absolute Gasteiger partial charge is 0.322 e. The molecule has 2 rings (SSSR count). The lowest BCUT2D eigenvalue weighted by molar-refractivity contribution is -0.111. The van der Waals surface area contributed by atoms with Gasteiger partial charge < -0.3 is 5.32 Å². The van der Waals surface area contributed by atoms with E-state index in [4.69, 9.17) is 6.42 Å². The fraction of sp³-hybridized carbons (Fsp3) is 0. The van der Waals surface area contributed by atoms with E-state index in [9.17, 15) is 4.79 Å². The number of terminal acetylenes is 1.